The number of fused-ring (bicyclic) bond motifs is 5. The zero-order valence-corrected chi connectivity index (χ0v) is 15.5. The van der Waals surface area contributed by atoms with Crippen LogP contribution in [0.3, 0.4) is 0 Å². The van der Waals surface area contributed by atoms with Gasteiger partial charge >= 0.3 is 0 Å². The average Bonchev–Trinajstić information content (AvgIpc) is 3.18. The summed E-state index contributed by atoms with van der Waals surface area (Å²) in [5.41, 5.74) is -0.895. The number of rotatable bonds is 0. The number of hydrogen-bond acceptors (Lipinski definition) is 3. The Kier molecular flexibility index (Phi) is 3.63. The molecule has 1 unspecified atom stereocenters. The minimum Gasteiger partial charge on any atom is -0.377 e. The van der Waals surface area contributed by atoms with Crippen molar-refractivity contribution >= 4 is 0 Å². The molecule has 1 heterocycles. The largest absolute Gasteiger partial charge is 0.377 e. The Labute approximate surface area is 151 Å². The highest BCUT2D eigenvalue weighted by molar-refractivity contribution is 5.23. The topological polar surface area (TPSA) is 38.7 Å². The van der Waals surface area contributed by atoms with Gasteiger partial charge < -0.3 is 5.11 Å². The van der Waals surface area contributed by atoms with Crippen molar-refractivity contribution in [2.24, 2.45) is 35.0 Å². The van der Waals surface area contributed by atoms with E-state index in [0.29, 0.717) is 5.92 Å². The fraction of sp³-hybridized carbons (Fsp3) is 0.909. The first-order valence-corrected chi connectivity index (χ1v) is 10.5. The van der Waals surface area contributed by atoms with E-state index in [0.717, 1.165) is 56.0 Å². The average molecular weight is 344 g/mol. The van der Waals surface area contributed by atoms with Gasteiger partial charge in [-0.25, -0.2) is 9.78 Å². The van der Waals surface area contributed by atoms with Crippen LogP contribution < -0.4 is 0 Å². The highest BCUT2D eigenvalue weighted by Crippen LogP contribution is 2.65. The van der Waals surface area contributed by atoms with E-state index in [4.69, 9.17) is 16.2 Å². The summed E-state index contributed by atoms with van der Waals surface area (Å²) in [5.74, 6) is 6.70. The fourth-order valence-corrected chi connectivity index (χ4v) is 7.94. The van der Waals surface area contributed by atoms with E-state index in [2.05, 4.69) is 12.8 Å². The van der Waals surface area contributed by atoms with E-state index in [1.165, 1.54) is 38.5 Å². The van der Waals surface area contributed by atoms with Gasteiger partial charge in [0.25, 0.3) is 0 Å². The molecule has 8 atom stereocenters. The van der Waals surface area contributed by atoms with Crippen LogP contribution in [-0.4, -0.2) is 22.9 Å². The number of terminal acetylenes is 1. The lowest BCUT2D eigenvalue weighted by atomic mass is 9.48. The molecule has 0 aromatic rings. The molecule has 4 saturated carbocycles. The summed E-state index contributed by atoms with van der Waals surface area (Å²) < 4.78 is 0. The van der Waals surface area contributed by atoms with Gasteiger partial charge in [-0.3, -0.25) is 0 Å². The van der Waals surface area contributed by atoms with Crippen molar-refractivity contribution in [2.45, 2.75) is 82.3 Å². The molecule has 5 rings (SSSR count). The normalized spacial score (nSPS) is 57.6. The zero-order chi connectivity index (χ0) is 17.3. The molecular weight excluding hydrogens is 312 g/mol. The Morgan fingerprint density at radius 1 is 0.960 bits per heavy atom. The second kappa shape index (κ2) is 5.47. The third-order valence-electron chi connectivity index (χ3n) is 9.35. The molecule has 1 aliphatic heterocycles. The first-order chi connectivity index (χ1) is 12.0. The van der Waals surface area contributed by atoms with Gasteiger partial charge in [0.1, 0.15) is 11.2 Å². The standard InChI is InChI=1S/C22H32O3/c1-3-22(23)11-8-19-18-5-4-15-14-21(12-13-24-25-21)10-7-16(15)17(18)6-9-20(19,22)2/h1,15-19,23H,4-14H2,2H3/t15-,16-,17+,18+,19-,20-,21?,22-/m0/s1. The first-order valence-electron chi connectivity index (χ1n) is 10.5. The molecule has 0 amide bonds. The van der Waals surface area contributed by atoms with E-state index in [1.807, 2.05) is 0 Å². The Morgan fingerprint density at radius 3 is 2.56 bits per heavy atom. The second-order valence-corrected chi connectivity index (χ2v) is 10.0. The maximum absolute atomic E-state index is 11.1. The summed E-state index contributed by atoms with van der Waals surface area (Å²) in [6.07, 6.45) is 17.5. The van der Waals surface area contributed by atoms with Crippen molar-refractivity contribution in [2.75, 3.05) is 6.61 Å². The second-order valence-electron chi connectivity index (χ2n) is 10.0. The van der Waals surface area contributed by atoms with Gasteiger partial charge in [-0.15, -0.1) is 6.42 Å². The van der Waals surface area contributed by atoms with Crippen LogP contribution >= 0.6 is 0 Å². The van der Waals surface area contributed by atoms with Crippen molar-refractivity contribution < 1.29 is 14.9 Å². The molecule has 1 N–H and O–H groups in total. The fourth-order valence-electron chi connectivity index (χ4n) is 7.94. The van der Waals surface area contributed by atoms with Crippen LogP contribution in [0.1, 0.15) is 71.1 Å². The molecule has 3 heteroatoms. The molecule has 5 fully saturated rings. The van der Waals surface area contributed by atoms with Crippen LogP contribution in [0.15, 0.2) is 0 Å². The molecule has 25 heavy (non-hydrogen) atoms. The Morgan fingerprint density at radius 2 is 1.80 bits per heavy atom. The van der Waals surface area contributed by atoms with Gasteiger partial charge in [0.2, 0.25) is 0 Å². The van der Waals surface area contributed by atoms with Gasteiger partial charge in [-0.05, 0) is 87.4 Å². The molecule has 4 aliphatic carbocycles. The molecule has 0 bridgehead atoms. The lowest BCUT2D eigenvalue weighted by Crippen LogP contribution is -2.54. The van der Waals surface area contributed by atoms with Gasteiger partial charge in [-0.1, -0.05) is 12.8 Å². The lowest BCUT2D eigenvalue weighted by molar-refractivity contribution is -0.321. The lowest BCUT2D eigenvalue weighted by Gasteiger charge is -2.57. The minimum absolute atomic E-state index is 0.0360. The van der Waals surface area contributed by atoms with Crippen LogP contribution in [0.25, 0.3) is 0 Å². The summed E-state index contributed by atoms with van der Waals surface area (Å²) in [6, 6.07) is 0. The van der Waals surface area contributed by atoms with Crippen LogP contribution in [0.5, 0.6) is 0 Å². The molecule has 138 valence electrons. The molecule has 0 aromatic heterocycles. The maximum Gasteiger partial charge on any atom is 0.130 e. The summed E-state index contributed by atoms with van der Waals surface area (Å²) >= 11 is 0. The quantitative estimate of drug-likeness (QED) is 0.531. The summed E-state index contributed by atoms with van der Waals surface area (Å²) in [5, 5.41) is 11.1. The van der Waals surface area contributed by atoms with E-state index in [9.17, 15) is 5.11 Å². The third-order valence-corrected chi connectivity index (χ3v) is 9.35. The minimum atomic E-state index is -0.870. The summed E-state index contributed by atoms with van der Waals surface area (Å²) in [4.78, 5) is 11.0. The monoisotopic (exact) mass is 344 g/mol. The smallest absolute Gasteiger partial charge is 0.130 e. The van der Waals surface area contributed by atoms with Crippen molar-refractivity contribution in [1.82, 2.24) is 0 Å². The summed E-state index contributed by atoms with van der Waals surface area (Å²) in [7, 11) is 0. The Balaban J connectivity index is 1.37. The van der Waals surface area contributed by atoms with Crippen LogP contribution in [0, 0.1) is 47.3 Å². The Hall–Kier alpha value is -0.560. The van der Waals surface area contributed by atoms with Gasteiger partial charge in [0.15, 0.2) is 0 Å². The van der Waals surface area contributed by atoms with Crippen molar-refractivity contribution in [3.8, 4) is 12.3 Å². The van der Waals surface area contributed by atoms with Crippen LogP contribution in [-0.2, 0) is 9.78 Å². The van der Waals surface area contributed by atoms with Crippen LogP contribution in [0.2, 0.25) is 0 Å². The molecular formula is C22H32O3. The van der Waals surface area contributed by atoms with Gasteiger partial charge in [0, 0.05) is 11.8 Å². The highest BCUT2D eigenvalue weighted by Gasteiger charge is 2.63. The molecule has 5 aliphatic rings. The predicted molar refractivity (Wildman–Crippen MR) is 95.3 cm³/mol. The van der Waals surface area contributed by atoms with Gasteiger partial charge in [0.05, 0.1) is 6.61 Å². The SMILES string of the molecule is C#C[C@]1(O)CC[C@H]2[C@@H]3CC[C@H]4CC5(CCOO5)CC[C@@H]4[C@H]3CC[C@@]21C. The van der Waals surface area contributed by atoms with E-state index < -0.39 is 5.60 Å². The van der Waals surface area contributed by atoms with Crippen molar-refractivity contribution in [3.63, 3.8) is 0 Å². The zero-order valence-electron chi connectivity index (χ0n) is 15.5. The van der Waals surface area contributed by atoms with E-state index >= 15 is 0 Å². The Bertz CT molecular complexity index is 589. The molecule has 0 aromatic carbocycles. The van der Waals surface area contributed by atoms with Crippen molar-refractivity contribution in [3.05, 3.63) is 0 Å². The molecule has 1 saturated heterocycles. The third kappa shape index (κ3) is 2.17. The van der Waals surface area contributed by atoms with E-state index in [1.54, 1.807) is 0 Å². The van der Waals surface area contributed by atoms with Gasteiger partial charge in [-0.2, -0.15) is 0 Å². The predicted octanol–water partition coefficient (Wildman–Crippen LogP) is 4.09. The number of aliphatic hydroxyl groups is 1. The maximum atomic E-state index is 11.1. The molecule has 3 nitrogen and oxygen atoms in total. The highest BCUT2D eigenvalue weighted by atomic mass is 17.2. The van der Waals surface area contributed by atoms with Crippen LogP contribution in [0.4, 0.5) is 0 Å². The molecule has 0 radical (unpaired) electrons. The summed E-state index contributed by atoms with van der Waals surface area (Å²) in [6.45, 7) is 3.06. The number of hydrogen-bond donors (Lipinski definition) is 1. The van der Waals surface area contributed by atoms with E-state index in [-0.39, 0.29) is 11.0 Å². The molecule has 1 spiro atoms. The van der Waals surface area contributed by atoms with Crippen molar-refractivity contribution in [1.29, 1.82) is 0 Å². The first kappa shape index (κ1) is 16.6.